The molecule has 0 spiro atoms. The Balaban J connectivity index is 2.63. The standard InChI is InChI=1S/C9H6N2S/c10-6-8(7-11)3-4-9-2-1-5-12-9/h1-3,5H,4H2. The van der Waals surface area contributed by atoms with Crippen molar-refractivity contribution in [1.29, 1.82) is 10.5 Å². The van der Waals surface area contributed by atoms with E-state index in [0.29, 0.717) is 6.42 Å². The molecule has 1 rings (SSSR count). The van der Waals surface area contributed by atoms with Crippen LogP contribution in [0, 0.1) is 22.7 Å². The van der Waals surface area contributed by atoms with E-state index in [2.05, 4.69) is 0 Å². The summed E-state index contributed by atoms with van der Waals surface area (Å²) in [5.41, 5.74) is 0.184. The summed E-state index contributed by atoms with van der Waals surface area (Å²) in [5.74, 6) is 0. The van der Waals surface area contributed by atoms with Gasteiger partial charge in [0, 0.05) is 11.3 Å². The van der Waals surface area contributed by atoms with Crippen molar-refractivity contribution < 1.29 is 0 Å². The first-order valence-corrected chi connectivity index (χ1v) is 4.27. The van der Waals surface area contributed by atoms with E-state index >= 15 is 0 Å². The summed E-state index contributed by atoms with van der Waals surface area (Å²) in [6.07, 6.45) is 2.32. The quantitative estimate of drug-likeness (QED) is 0.645. The summed E-state index contributed by atoms with van der Waals surface area (Å²) in [5, 5.41) is 18.8. The molecule has 0 radical (unpaired) electrons. The first kappa shape index (κ1) is 8.52. The van der Waals surface area contributed by atoms with E-state index in [9.17, 15) is 0 Å². The topological polar surface area (TPSA) is 47.6 Å². The van der Waals surface area contributed by atoms with Crippen LogP contribution in [0.5, 0.6) is 0 Å². The molecule has 0 unspecified atom stereocenters. The molecule has 1 aromatic rings. The number of rotatable bonds is 2. The maximum Gasteiger partial charge on any atom is 0.126 e. The van der Waals surface area contributed by atoms with Gasteiger partial charge in [0.05, 0.1) is 0 Å². The van der Waals surface area contributed by atoms with Crippen molar-refractivity contribution in [1.82, 2.24) is 0 Å². The van der Waals surface area contributed by atoms with Gasteiger partial charge in [-0.2, -0.15) is 10.5 Å². The lowest BCUT2D eigenvalue weighted by Crippen LogP contribution is -1.76. The lowest BCUT2D eigenvalue weighted by molar-refractivity contribution is 1.32. The number of allylic oxidation sites excluding steroid dienone is 2. The van der Waals surface area contributed by atoms with Crippen LogP contribution in [0.3, 0.4) is 0 Å². The summed E-state index contributed by atoms with van der Waals surface area (Å²) in [6.45, 7) is 0. The van der Waals surface area contributed by atoms with Crippen LogP contribution in [0.25, 0.3) is 0 Å². The average molecular weight is 174 g/mol. The van der Waals surface area contributed by atoms with Crippen molar-refractivity contribution in [3.05, 3.63) is 34.0 Å². The molecule has 0 amide bonds. The van der Waals surface area contributed by atoms with Gasteiger partial charge in [0.1, 0.15) is 17.7 Å². The molecule has 1 aromatic heterocycles. The zero-order chi connectivity index (χ0) is 8.81. The van der Waals surface area contributed by atoms with Gasteiger partial charge in [-0.25, -0.2) is 0 Å². The van der Waals surface area contributed by atoms with Crippen molar-refractivity contribution in [3.8, 4) is 12.1 Å². The molecule has 12 heavy (non-hydrogen) atoms. The van der Waals surface area contributed by atoms with Crippen LogP contribution in [-0.4, -0.2) is 0 Å². The Labute approximate surface area is 75.0 Å². The van der Waals surface area contributed by atoms with Crippen LogP contribution in [0.15, 0.2) is 29.2 Å². The Morgan fingerprint density at radius 3 is 2.75 bits per heavy atom. The molecule has 2 nitrogen and oxygen atoms in total. The predicted octanol–water partition coefficient (Wildman–Crippen LogP) is 2.26. The van der Waals surface area contributed by atoms with E-state index in [1.807, 2.05) is 29.7 Å². The molecule has 0 saturated heterocycles. The Kier molecular flexibility index (Phi) is 3.07. The van der Waals surface area contributed by atoms with E-state index in [1.54, 1.807) is 17.4 Å². The molecule has 0 saturated carbocycles. The second kappa shape index (κ2) is 4.33. The SMILES string of the molecule is N#CC(C#N)=CCc1cccs1. The normalized spacial score (nSPS) is 8.17. The van der Waals surface area contributed by atoms with Gasteiger partial charge in [-0.3, -0.25) is 0 Å². The lowest BCUT2D eigenvalue weighted by atomic mass is 10.2. The highest BCUT2D eigenvalue weighted by atomic mass is 32.1. The van der Waals surface area contributed by atoms with Gasteiger partial charge in [-0.1, -0.05) is 12.1 Å². The molecule has 0 aliphatic heterocycles. The minimum Gasteiger partial charge on any atom is -0.192 e. The second-order valence-electron chi connectivity index (χ2n) is 2.12. The number of hydrogen-bond donors (Lipinski definition) is 0. The van der Waals surface area contributed by atoms with Crippen molar-refractivity contribution in [3.63, 3.8) is 0 Å². The summed E-state index contributed by atoms with van der Waals surface area (Å²) in [7, 11) is 0. The van der Waals surface area contributed by atoms with E-state index in [0.717, 1.165) is 4.88 Å². The molecule has 0 aromatic carbocycles. The Bertz CT molecular complexity index is 333. The molecular formula is C9H6N2S. The molecular weight excluding hydrogens is 168 g/mol. The fourth-order valence-electron chi connectivity index (χ4n) is 0.748. The van der Waals surface area contributed by atoms with Crippen LogP contribution in [-0.2, 0) is 6.42 Å². The van der Waals surface area contributed by atoms with Crippen LogP contribution >= 0.6 is 11.3 Å². The van der Waals surface area contributed by atoms with Gasteiger partial charge < -0.3 is 0 Å². The Morgan fingerprint density at radius 2 is 2.25 bits per heavy atom. The second-order valence-corrected chi connectivity index (χ2v) is 3.16. The first-order valence-electron chi connectivity index (χ1n) is 3.39. The Morgan fingerprint density at radius 1 is 1.50 bits per heavy atom. The molecule has 58 valence electrons. The summed E-state index contributed by atoms with van der Waals surface area (Å²) < 4.78 is 0. The average Bonchev–Trinajstić information content (AvgIpc) is 2.59. The lowest BCUT2D eigenvalue weighted by Gasteiger charge is -1.85. The van der Waals surface area contributed by atoms with Crippen LogP contribution in [0.1, 0.15) is 4.88 Å². The number of thiophene rings is 1. The summed E-state index contributed by atoms with van der Waals surface area (Å²) in [4.78, 5) is 1.16. The van der Waals surface area contributed by atoms with Gasteiger partial charge in [-0.05, 0) is 11.4 Å². The fourth-order valence-corrected chi connectivity index (χ4v) is 1.42. The molecule has 0 atom stereocenters. The monoisotopic (exact) mass is 174 g/mol. The number of nitriles is 2. The fraction of sp³-hybridized carbons (Fsp3) is 0.111. The van der Waals surface area contributed by atoms with Crippen molar-refractivity contribution in [2.45, 2.75) is 6.42 Å². The third-order valence-electron chi connectivity index (χ3n) is 1.33. The van der Waals surface area contributed by atoms with E-state index in [4.69, 9.17) is 10.5 Å². The number of hydrogen-bond acceptors (Lipinski definition) is 3. The smallest absolute Gasteiger partial charge is 0.126 e. The minimum atomic E-state index is 0.184. The predicted molar refractivity (Wildman–Crippen MR) is 47.3 cm³/mol. The van der Waals surface area contributed by atoms with E-state index in [1.165, 1.54) is 0 Å². The molecule has 1 heterocycles. The van der Waals surface area contributed by atoms with E-state index in [-0.39, 0.29) is 5.57 Å². The molecule has 0 N–H and O–H groups in total. The van der Waals surface area contributed by atoms with Crippen LogP contribution in [0.2, 0.25) is 0 Å². The maximum atomic E-state index is 8.42. The maximum absolute atomic E-state index is 8.42. The highest BCUT2D eigenvalue weighted by molar-refractivity contribution is 7.09. The molecule has 3 heteroatoms. The molecule has 0 aliphatic rings. The third kappa shape index (κ3) is 2.23. The largest absolute Gasteiger partial charge is 0.192 e. The summed E-state index contributed by atoms with van der Waals surface area (Å²) >= 11 is 1.62. The zero-order valence-corrected chi connectivity index (χ0v) is 7.14. The molecule has 0 fully saturated rings. The van der Waals surface area contributed by atoms with Crippen LogP contribution in [0.4, 0.5) is 0 Å². The minimum absolute atomic E-state index is 0.184. The Hall–Kier alpha value is -1.58. The van der Waals surface area contributed by atoms with Crippen molar-refractivity contribution in [2.24, 2.45) is 0 Å². The van der Waals surface area contributed by atoms with Gasteiger partial charge in [0.15, 0.2) is 0 Å². The van der Waals surface area contributed by atoms with Crippen molar-refractivity contribution >= 4 is 11.3 Å². The third-order valence-corrected chi connectivity index (χ3v) is 2.23. The van der Waals surface area contributed by atoms with Gasteiger partial charge >= 0.3 is 0 Å². The molecule has 0 aliphatic carbocycles. The van der Waals surface area contributed by atoms with Crippen LogP contribution < -0.4 is 0 Å². The first-order chi connectivity index (χ1) is 5.86. The van der Waals surface area contributed by atoms with Crippen molar-refractivity contribution in [2.75, 3.05) is 0 Å². The highest BCUT2D eigenvalue weighted by Crippen LogP contribution is 2.10. The molecule has 0 bridgehead atoms. The highest BCUT2D eigenvalue weighted by Gasteiger charge is 1.93. The zero-order valence-electron chi connectivity index (χ0n) is 6.32. The number of nitrogens with zero attached hydrogens (tertiary/aromatic N) is 2. The van der Waals surface area contributed by atoms with Gasteiger partial charge in [0.2, 0.25) is 0 Å². The van der Waals surface area contributed by atoms with E-state index < -0.39 is 0 Å². The van der Waals surface area contributed by atoms with Gasteiger partial charge in [0.25, 0.3) is 0 Å². The van der Waals surface area contributed by atoms with Gasteiger partial charge in [-0.15, -0.1) is 11.3 Å². The summed E-state index contributed by atoms with van der Waals surface area (Å²) in [6, 6.07) is 7.57.